The van der Waals surface area contributed by atoms with Crippen LogP contribution in [0.3, 0.4) is 0 Å². The average molecular weight is 273 g/mol. The van der Waals surface area contributed by atoms with E-state index >= 15 is 0 Å². The van der Waals surface area contributed by atoms with Gasteiger partial charge in [-0.25, -0.2) is 0 Å². The molecule has 18 heavy (non-hydrogen) atoms. The summed E-state index contributed by atoms with van der Waals surface area (Å²) in [6.45, 7) is 4.10. The van der Waals surface area contributed by atoms with Gasteiger partial charge in [-0.05, 0) is 26.7 Å². The van der Waals surface area contributed by atoms with Crippen molar-refractivity contribution in [2.45, 2.75) is 57.3 Å². The van der Waals surface area contributed by atoms with Crippen LogP contribution in [-0.2, 0) is 9.53 Å². The second kappa shape index (κ2) is 5.32. The number of epoxide rings is 1. The summed E-state index contributed by atoms with van der Waals surface area (Å²) in [5.74, 6) is 0.262. The van der Waals surface area contributed by atoms with Crippen LogP contribution in [0.15, 0.2) is 11.6 Å². The number of carbonyl (C=O) groups excluding carboxylic acids is 1. The summed E-state index contributed by atoms with van der Waals surface area (Å²) in [7, 11) is 0. The fourth-order valence-electron chi connectivity index (χ4n) is 2.72. The van der Waals surface area contributed by atoms with Crippen molar-refractivity contribution in [3.8, 4) is 0 Å². The van der Waals surface area contributed by atoms with Crippen molar-refractivity contribution in [3.63, 3.8) is 0 Å². The van der Waals surface area contributed by atoms with Gasteiger partial charge >= 0.3 is 0 Å². The highest BCUT2D eigenvalue weighted by molar-refractivity contribution is 6.18. The van der Waals surface area contributed by atoms with Crippen molar-refractivity contribution in [3.05, 3.63) is 11.6 Å². The lowest BCUT2D eigenvalue weighted by molar-refractivity contribution is -0.130. The minimum absolute atomic E-state index is 0.00593. The number of Topliss-reactive ketones (excluding diaryl/α,β-unsaturated/α-hetero) is 1. The first kappa shape index (κ1) is 14.0. The first-order valence-corrected chi connectivity index (χ1v) is 7.08. The Morgan fingerprint density at radius 3 is 2.94 bits per heavy atom. The molecular weight excluding hydrogens is 252 g/mol. The molecule has 0 radical (unpaired) electrons. The molecule has 0 aromatic carbocycles. The number of aliphatic hydroxyl groups is 1. The molecule has 1 saturated carbocycles. The smallest absolute Gasteiger partial charge is 0.133 e. The van der Waals surface area contributed by atoms with Gasteiger partial charge < -0.3 is 9.84 Å². The predicted molar refractivity (Wildman–Crippen MR) is 70.7 cm³/mol. The number of hydrogen-bond acceptors (Lipinski definition) is 3. The molecule has 0 amide bonds. The highest BCUT2D eigenvalue weighted by Crippen LogP contribution is 2.44. The Kier molecular flexibility index (Phi) is 4.15. The SMILES string of the molecule is CC(C)=CCC1OC1C1CC(=O)CCC1(O)CCl. The van der Waals surface area contributed by atoms with Crippen molar-refractivity contribution >= 4 is 17.4 Å². The van der Waals surface area contributed by atoms with E-state index in [1.54, 1.807) is 0 Å². The van der Waals surface area contributed by atoms with E-state index in [0.717, 1.165) is 6.42 Å². The Hall–Kier alpha value is -0.380. The molecule has 1 heterocycles. The van der Waals surface area contributed by atoms with Gasteiger partial charge in [0.15, 0.2) is 0 Å². The maximum Gasteiger partial charge on any atom is 0.133 e. The third-order valence-electron chi connectivity index (χ3n) is 3.98. The van der Waals surface area contributed by atoms with Crippen LogP contribution in [0.5, 0.6) is 0 Å². The zero-order valence-corrected chi connectivity index (χ0v) is 11.7. The Morgan fingerprint density at radius 2 is 2.33 bits per heavy atom. The Labute approximate surface area is 113 Å². The molecule has 1 aliphatic heterocycles. The average Bonchev–Trinajstić information content (AvgIpc) is 3.09. The normalized spacial score (nSPS) is 39.6. The number of ether oxygens (including phenoxy) is 1. The summed E-state index contributed by atoms with van der Waals surface area (Å²) >= 11 is 5.88. The fourth-order valence-corrected chi connectivity index (χ4v) is 3.05. The molecule has 1 saturated heterocycles. The van der Waals surface area contributed by atoms with Crippen LogP contribution in [0, 0.1) is 5.92 Å². The zero-order valence-electron chi connectivity index (χ0n) is 11.0. The topological polar surface area (TPSA) is 49.8 Å². The molecule has 1 N–H and O–H groups in total. The maximum absolute atomic E-state index is 11.6. The van der Waals surface area contributed by atoms with Crippen LogP contribution in [0.4, 0.5) is 0 Å². The van der Waals surface area contributed by atoms with Gasteiger partial charge in [0.05, 0.1) is 23.7 Å². The van der Waals surface area contributed by atoms with Crippen LogP contribution >= 0.6 is 11.6 Å². The van der Waals surface area contributed by atoms with Crippen LogP contribution < -0.4 is 0 Å². The molecule has 0 spiro atoms. The van der Waals surface area contributed by atoms with Crippen LogP contribution in [0.1, 0.15) is 39.5 Å². The molecule has 2 aliphatic rings. The monoisotopic (exact) mass is 272 g/mol. The number of alkyl halides is 1. The summed E-state index contributed by atoms with van der Waals surface area (Å²) < 4.78 is 5.64. The molecule has 4 atom stereocenters. The van der Waals surface area contributed by atoms with Gasteiger partial charge in [-0.3, -0.25) is 4.79 Å². The summed E-state index contributed by atoms with van der Waals surface area (Å²) in [4.78, 5) is 11.6. The van der Waals surface area contributed by atoms with Crippen molar-refractivity contribution in [1.82, 2.24) is 0 Å². The number of allylic oxidation sites excluding steroid dienone is 1. The van der Waals surface area contributed by atoms with E-state index in [-0.39, 0.29) is 29.8 Å². The second-order valence-corrected chi connectivity index (χ2v) is 6.01. The highest BCUT2D eigenvalue weighted by atomic mass is 35.5. The molecule has 4 unspecified atom stereocenters. The van der Waals surface area contributed by atoms with Gasteiger partial charge in [0.1, 0.15) is 5.78 Å². The number of carbonyl (C=O) groups is 1. The van der Waals surface area contributed by atoms with Crippen LogP contribution in [-0.4, -0.2) is 34.6 Å². The van der Waals surface area contributed by atoms with Gasteiger partial charge in [0.25, 0.3) is 0 Å². The predicted octanol–water partition coefficient (Wildman–Crippen LogP) is 2.45. The quantitative estimate of drug-likeness (QED) is 0.486. The lowest BCUT2D eigenvalue weighted by atomic mass is 9.73. The van der Waals surface area contributed by atoms with E-state index in [0.29, 0.717) is 19.3 Å². The molecule has 0 aromatic heterocycles. The van der Waals surface area contributed by atoms with Gasteiger partial charge in [-0.1, -0.05) is 11.6 Å². The van der Waals surface area contributed by atoms with E-state index in [9.17, 15) is 9.90 Å². The Balaban J connectivity index is 1.99. The number of rotatable bonds is 4. The van der Waals surface area contributed by atoms with Crippen LogP contribution in [0.25, 0.3) is 0 Å². The summed E-state index contributed by atoms with van der Waals surface area (Å²) in [6, 6.07) is 0. The number of ketones is 1. The van der Waals surface area contributed by atoms with Gasteiger partial charge in [0, 0.05) is 18.8 Å². The van der Waals surface area contributed by atoms with E-state index in [2.05, 4.69) is 19.9 Å². The Morgan fingerprint density at radius 1 is 1.61 bits per heavy atom. The zero-order chi connectivity index (χ0) is 13.3. The molecule has 0 bridgehead atoms. The summed E-state index contributed by atoms with van der Waals surface area (Å²) in [6.07, 6.45) is 4.43. The first-order chi connectivity index (χ1) is 8.46. The van der Waals surface area contributed by atoms with Crippen molar-refractivity contribution in [1.29, 1.82) is 0 Å². The summed E-state index contributed by atoms with van der Waals surface area (Å²) in [5, 5.41) is 10.5. The first-order valence-electron chi connectivity index (χ1n) is 6.55. The van der Waals surface area contributed by atoms with Crippen LogP contribution in [0.2, 0.25) is 0 Å². The third-order valence-corrected chi connectivity index (χ3v) is 4.45. The van der Waals surface area contributed by atoms with Crippen molar-refractivity contribution in [2.24, 2.45) is 5.92 Å². The van der Waals surface area contributed by atoms with E-state index in [4.69, 9.17) is 16.3 Å². The molecule has 4 heteroatoms. The lowest BCUT2D eigenvalue weighted by Crippen LogP contribution is -2.47. The summed E-state index contributed by atoms with van der Waals surface area (Å²) in [5.41, 5.74) is 0.330. The largest absolute Gasteiger partial charge is 0.388 e. The molecular formula is C14H21ClO3. The minimum atomic E-state index is -0.931. The van der Waals surface area contributed by atoms with E-state index in [1.807, 2.05) is 0 Å². The number of halogens is 1. The number of hydrogen-bond donors (Lipinski definition) is 1. The minimum Gasteiger partial charge on any atom is -0.388 e. The van der Waals surface area contributed by atoms with Crippen molar-refractivity contribution < 1.29 is 14.6 Å². The van der Waals surface area contributed by atoms with E-state index < -0.39 is 5.60 Å². The third kappa shape index (κ3) is 2.95. The molecule has 1 aliphatic carbocycles. The van der Waals surface area contributed by atoms with Gasteiger partial charge in [-0.2, -0.15) is 0 Å². The lowest BCUT2D eigenvalue weighted by Gasteiger charge is -2.37. The van der Waals surface area contributed by atoms with Gasteiger partial charge in [-0.15, -0.1) is 11.6 Å². The van der Waals surface area contributed by atoms with Gasteiger partial charge in [0.2, 0.25) is 0 Å². The Bertz CT molecular complexity index is 362. The second-order valence-electron chi connectivity index (χ2n) is 5.74. The highest BCUT2D eigenvalue weighted by Gasteiger charge is 2.54. The van der Waals surface area contributed by atoms with E-state index in [1.165, 1.54) is 5.57 Å². The van der Waals surface area contributed by atoms with Crippen molar-refractivity contribution in [2.75, 3.05) is 5.88 Å². The molecule has 2 rings (SSSR count). The molecule has 0 aromatic rings. The standard InChI is InChI=1S/C14H21ClO3/c1-9(2)3-4-12-13(18-12)11-7-10(16)5-6-14(11,17)8-15/h3,11-13,17H,4-8H2,1-2H3. The molecule has 102 valence electrons. The fraction of sp³-hybridized carbons (Fsp3) is 0.786. The molecule has 2 fully saturated rings. The maximum atomic E-state index is 11.6. The molecule has 3 nitrogen and oxygen atoms in total.